The minimum absolute atomic E-state index is 0.0879. The lowest BCUT2D eigenvalue weighted by Crippen LogP contribution is -1.91. The van der Waals surface area contributed by atoms with E-state index >= 15 is 0 Å². The van der Waals surface area contributed by atoms with Gasteiger partial charge in [0, 0.05) is 17.8 Å². The van der Waals surface area contributed by atoms with Crippen LogP contribution in [0, 0.1) is 10.1 Å². The van der Waals surface area contributed by atoms with E-state index in [1.54, 1.807) is 30.6 Å². The molecule has 0 saturated carbocycles. The lowest BCUT2D eigenvalue weighted by molar-refractivity contribution is -0.383. The number of halogens is 1. The van der Waals surface area contributed by atoms with Gasteiger partial charge in [-0.05, 0) is 28.1 Å². The average Bonchev–Trinajstić information content (AvgIpc) is 2.17. The molecule has 0 unspecified atom stereocenters. The largest absolute Gasteiger partial charge is 0.291 e. The molecule has 0 aliphatic rings. The van der Waals surface area contributed by atoms with E-state index in [1.165, 1.54) is 0 Å². The van der Waals surface area contributed by atoms with Crippen LogP contribution in [-0.4, -0.2) is 9.91 Å². The van der Waals surface area contributed by atoms with Crippen molar-refractivity contribution in [2.75, 3.05) is 0 Å². The van der Waals surface area contributed by atoms with Crippen molar-refractivity contribution in [1.82, 2.24) is 4.98 Å². The third kappa shape index (κ3) is 1.35. The van der Waals surface area contributed by atoms with Crippen LogP contribution in [-0.2, 0) is 0 Å². The number of nitro benzene ring substituents is 1. The van der Waals surface area contributed by atoms with Gasteiger partial charge in [-0.25, -0.2) is 0 Å². The van der Waals surface area contributed by atoms with Crippen molar-refractivity contribution in [2.24, 2.45) is 0 Å². The molecule has 0 aliphatic heterocycles. The Morgan fingerprint density at radius 1 is 1.36 bits per heavy atom. The fraction of sp³-hybridized carbons (Fsp3) is 0. The van der Waals surface area contributed by atoms with Crippen LogP contribution >= 0.6 is 15.9 Å². The maximum atomic E-state index is 10.8. The average molecular weight is 253 g/mol. The normalized spacial score (nSPS) is 10.4. The summed E-state index contributed by atoms with van der Waals surface area (Å²) in [5, 5.41) is 12.2. The van der Waals surface area contributed by atoms with Crippen molar-refractivity contribution >= 4 is 32.4 Å². The van der Waals surface area contributed by atoms with Gasteiger partial charge in [0.05, 0.1) is 14.8 Å². The summed E-state index contributed by atoms with van der Waals surface area (Å²) in [5.41, 5.74) is 0.0879. The maximum Gasteiger partial charge on any atom is 0.291 e. The number of benzene rings is 1. The van der Waals surface area contributed by atoms with E-state index in [4.69, 9.17) is 0 Å². The molecule has 0 bridgehead atoms. The predicted octanol–water partition coefficient (Wildman–Crippen LogP) is 2.91. The maximum absolute atomic E-state index is 10.8. The summed E-state index contributed by atoms with van der Waals surface area (Å²) in [5.74, 6) is 0. The van der Waals surface area contributed by atoms with Crippen LogP contribution < -0.4 is 0 Å². The van der Waals surface area contributed by atoms with Gasteiger partial charge in [0.15, 0.2) is 0 Å². The van der Waals surface area contributed by atoms with Crippen molar-refractivity contribution in [3.05, 3.63) is 45.2 Å². The fourth-order valence-electron chi connectivity index (χ4n) is 1.31. The van der Waals surface area contributed by atoms with Crippen LogP contribution in [0.2, 0.25) is 0 Å². The number of nitro groups is 1. The second-order valence-corrected chi connectivity index (χ2v) is 3.60. The number of pyridine rings is 1. The highest BCUT2D eigenvalue weighted by atomic mass is 79.9. The summed E-state index contributed by atoms with van der Waals surface area (Å²) in [7, 11) is 0. The molecule has 0 amide bonds. The molecule has 1 heterocycles. The fourth-order valence-corrected chi connectivity index (χ4v) is 1.80. The number of fused-ring (bicyclic) bond motifs is 1. The minimum atomic E-state index is -0.396. The van der Waals surface area contributed by atoms with Gasteiger partial charge >= 0.3 is 0 Å². The van der Waals surface area contributed by atoms with Crippen molar-refractivity contribution in [2.45, 2.75) is 0 Å². The summed E-state index contributed by atoms with van der Waals surface area (Å²) in [6.07, 6.45) is 3.15. The van der Waals surface area contributed by atoms with Crippen LogP contribution in [0.25, 0.3) is 10.8 Å². The molecular weight excluding hydrogens is 248 g/mol. The number of hydrogen-bond acceptors (Lipinski definition) is 3. The van der Waals surface area contributed by atoms with Gasteiger partial charge in [-0.2, -0.15) is 0 Å². The lowest BCUT2D eigenvalue weighted by atomic mass is 10.1. The van der Waals surface area contributed by atoms with Crippen LogP contribution in [0.3, 0.4) is 0 Å². The monoisotopic (exact) mass is 252 g/mol. The molecule has 0 spiro atoms. The van der Waals surface area contributed by atoms with Gasteiger partial charge in [-0.15, -0.1) is 0 Å². The Hall–Kier alpha value is -1.49. The quantitative estimate of drug-likeness (QED) is 0.579. The SMILES string of the molecule is O=[N+]([O-])c1c(Br)ccc2cnccc12. The Balaban J connectivity index is 2.90. The van der Waals surface area contributed by atoms with Gasteiger partial charge < -0.3 is 0 Å². The molecule has 2 aromatic rings. The molecule has 5 heteroatoms. The first-order chi connectivity index (χ1) is 6.70. The Morgan fingerprint density at radius 3 is 2.86 bits per heavy atom. The summed E-state index contributed by atoms with van der Waals surface area (Å²) in [4.78, 5) is 14.3. The smallest absolute Gasteiger partial charge is 0.264 e. The Bertz CT molecular complexity index is 513. The van der Waals surface area contributed by atoms with E-state index in [-0.39, 0.29) is 5.69 Å². The van der Waals surface area contributed by atoms with Gasteiger partial charge in [0.2, 0.25) is 0 Å². The molecule has 0 atom stereocenters. The van der Waals surface area contributed by atoms with E-state index in [2.05, 4.69) is 20.9 Å². The Labute approximate surface area is 87.9 Å². The first kappa shape index (κ1) is 9.08. The van der Waals surface area contributed by atoms with Crippen molar-refractivity contribution < 1.29 is 4.92 Å². The van der Waals surface area contributed by atoms with E-state index < -0.39 is 4.92 Å². The molecular formula is C9H5BrN2O2. The topological polar surface area (TPSA) is 56.0 Å². The molecule has 70 valence electrons. The second kappa shape index (κ2) is 3.34. The molecule has 1 aromatic carbocycles. The molecule has 14 heavy (non-hydrogen) atoms. The van der Waals surface area contributed by atoms with Crippen molar-refractivity contribution in [3.63, 3.8) is 0 Å². The number of nitrogens with zero attached hydrogens (tertiary/aromatic N) is 2. The molecule has 1 aromatic heterocycles. The van der Waals surface area contributed by atoms with Gasteiger partial charge in [-0.1, -0.05) is 6.07 Å². The molecule has 4 nitrogen and oxygen atoms in total. The summed E-state index contributed by atoms with van der Waals surface area (Å²) in [6.45, 7) is 0. The number of hydrogen-bond donors (Lipinski definition) is 0. The molecule has 0 saturated heterocycles. The molecule has 0 radical (unpaired) electrons. The number of rotatable bonds is 1. The van der Waals surface area contributed by atoms with Crippen LogP contribution in [0.1, 0.15) is 0 Å². The van der Waals surface area contributed by atoms with Gasteiger partial charge in [0.25, 0.3) is 5.69 Å². The molecule has 0 N–H and O–H groups in total. The lowest BCUT2D eigenvalue weighted by Gasteiger charge is -1.99. The zero-order valence-corrected chi connectivity index (χ0v) is 8.56. The van der Waals surface area contributed by atoms with Crippen LogP contribution in [0.15, 0.2) is 35.1 Å². The van der Waals surface area contributed by atoms with Gasteiger partial charge in [-0.3, -0.25) is 15.1 Å². The number of aromatic nitrogens is 1. The molecule has 0 fully saturated rings. The first-order valence-electron chi connectivity index (χ1n) is 3.87. The van der Waals surface area contributed by atoms with E-state index in [0.29, 0.717) is 9.86 Å². The van der Waals surface area contributed by atoms with E-state index in [9.17, 15) is 10.1 Å². The van der Waals surface area contributed by atoms with Crippen LogP contribution in [0.4, 0.5) is 5.69 Å². The van der Waals surface area contributed by atoms with Crippen molar-refractivity contribution in [1.29, 1.82) is 0 Å². The molecule has 2 rings (SSSR count). The first-order valence-corrected chi connectivity index (χ1v) is 4.66. The minimum Gasteiger partial charge on any atom is -0.264 e. The zero-order chi connectivity index (χ0) is 10.1. The van der Waals surface area contributed by atoms with Gasteiger partial charge in [0.1, 0.15) is 0 Å². The second-order valence-electron chi connectivity index (χ2n) is 2.75. The Morgan fingerprint density at radius 2 is 2.14 bits per heavy atom. The highest BCUT2D eigenvalue weighted by Crippen LogP contribution is 2.32. The highest BCUT2D eigenvalue weighted by molar-refractivity contribution is 9.10. The third-order valence-corrected chi connectivity index (χ3v) is 2.56. The standard InChI is InChI=1S/C9H5BrN2O2/c10-8-2-1-6-5-11-4-3-7(6)9(8)12(13)14/h1-5H. The predicted molar refractivity (Wildman–Crippen MR) is 56.1 cm³/mol. The van der Waals surface area contributed by atoms with E-state index in [0.717, 1.165) is 5.39 Å². The Kier molecular flexibility index (Phi) is 2.17. The third-order valence-electron chi connectivity index (χ3n) is 1.93. The summed E-state index contributed by atoms with van der Waals surface area (Å²) >= 11 is 3.16. The highest BCUT2D eigenvalue weighted by Gasteiger charge is 2.15. The van der Waals surface area contributed by atoms with Crippen LogP contribution in [0.5, 0.6) is 0 Å². The van der Waals surface area contributed by atoms with E-state index in [1.807, 2.05) is 0 Å². The zero-order valence-electron chi connectivity index (χ0n) is 6.98. The summed E-state index contributed by atoms with van der Waals surface area (Å²) < 4.78 is 0.487. The van der Waals surface area contributed by atoms with Crippen molar-refractivity contribution in [3.8, 4) is 0 Å². The molecule has 0 aliphatic carbocycles. The summed E-state index contributed by atoms with van der Waals surface area (Å²) in [6, 6.07) is 5.08.